The quantitative estimate of drug-likeness (QED) is 0.526. The molecule has 3 aromatic rings. The normalized spacial score (nSPS) is 10.5. The molecule has 0 atom stereocenters. The molecule has 0 spiro atoms. The van der Waals surface area contributed by atoms with Crippen molar-refractivity contribution in [2.24, 2.45) is 0 Å². The standard InChI is InChI=1S/C20H20N4OS/c1-3-13-23-19(16-10-5-4-6-11-16)22-24(20(23)26)14-18(25)21-17-12-8-7-9-15(17)2/h3-12H,1,13-14H2,2H3,(H,21,25). The van der Waals surface area contributed by atoms with Gasteiger partial charge in [0.25, 0.3) is 0 Å². The highest BCUT2D eigenvalue weighted by atomic mass is 32.1. The lowest BCUT2D eigenvalue weighted by Gasteiger charge is -2.07. The molecule has 0 saturated heterocycles. The zero-order valence-corrected chi connectivity index (χ0v) is 15.4. The average molecular weight is 364 g/mol. The van der Waals surface area contributed by atoms with Gasteiger partial charge in [-0.15, -0.1) is 6.58 Å². The van der Waals surface area contributed by atoms with Crippen LogP contribution in [0.2, 0.25) is 0 Å². The summed E-state index contributed by atoms with van der Waals surface area (Å²) in [5.74, 6) is 0.553. The Morgan fingerprint density at radius 1 is 1.19 bits per heavy atom. The minimum Gasteiger partial charge on any atom is -0.324 e. The van der Waals surface area contributed by atoms with Crippen molar-refractivity contribution < 1.29 is 4.79 Å². The minimum absolute atomic E-state index is 0.0527. The third kappa shape index (κ3) is 3.81. The molecule has 0 aliphatic heterocycles. The molecule has 1 N–H and O–H groups in total. The van der Waals surface area contributed by atoms with Crippen LogP contribution in [-0.4, -0.2) is 20.3 Å². The van der Waals surface area contributed by atoms with Crippen LogP contribution in [0.4, 0.5) is 5.69 Å². The van der Waals surface area contributed by atoms with E-state index in [0.717, 1.165) is 22.6 Å². The first-order valence-electron chi connectivity index (χ1n) is 8.29. The lowest BCUT2D eigenvalue weighted by Crippen LogP contribution is -2.20. The van der Waals surface area contributed by atoms with E-state index in [1.165, 1.54) is 0 Å². The smallest absolute Gasteiger partial charge is 0.246 e. The number of hydrogen-bond donors (Lipinski definition) is 1. The molecule has 0 saturated carbocycles. The number of nitrogens with one attached hydrogen (secondary N) is 1. The second-order valence-electron chi connectivity index (χ2n) is 5.89. The van der Waals surface area contributed by atoms with Crippen molar-refractivity contribution in [2.75, 3.05) is 5.32 Å². The third-order valence-corrected chi connectivity index (χ3v) is 4.41. The van der Waals surface area contributed by atoms with Gasteiger partial charge in [0.1, 0.15) is 6.54 Å². The Balaban J connectivity index is 1.88. The molecule has 1 amide bonds. The Bertz CT molecular complexity index is 989. The maximum absolute atomic E-state index is 12.5. The lowest BCUT2D eigenvalue weighted by molar-refractivity contribution is -0.116. The van der Waals surface area contributed by atoms with E-state index >= 15 is 0 Å². The third-order valence-electron chi connectivity index (χ3n) is 3.98. The van der Waals surface area contributed by atoms with Crippen molar-refractivity contribution in [3.05, 3.63) is 77.6 Å². The van der Waals surface area contributed by atoms with E-state index in [4.69, 9.17) is 12.2 Å². The number of hydrogen-bond acceptors (Lipinski definition) is 3. The van der Waals surface area contributed by atoms with Crippen molar-refractivity contribution in [2.45, 2.75) is 20.0 Å². The Hall–Kier alpha value is -2.99. The van der Waals surface area contributed by atoms with Gasteiger partial charge in [-0.1, -0.05) is 54.6 Å². The van der Waals surface area contributed by atoms with Crippen LogP contribution in [0, 0.1) is 11.7 Å². The van der Waals surface area contributed by atoms with E-state index in [2.05, 4.69) is 17.0 Å². The van der Waals surface area contributed by atoms with Gasteiger partial charge in [-0.2, -0.15) is 5.10 Å². The SMILES string of the molecule is C=CCn1c(-c2ccccc2)nn(CC(=O)Nc2ccccc2C)c1=S. The largest absolute Gasteiger partial charge is 0.324 e. The number of rotatable bonds is 6. The van der Waals surface area contributed by atoms with E-state index in [0.29, 0.717) is 11.3 Å². The first-order chi connectivity index (χ1) is 12.6. The molecule has 0 aliphatic carbocycles. The van der Waals surface area contributed by atoms with Gasteiger partial charge in [0.2, 0.25) is 5.91 Å². The van der Waals surface area contributed by atoms with Gasteiger partial charge in [0.05, 0.1) is 0 Å². The summed E-state index contributed by atoms with van der Waals surface area (Å²) in [6.45, 7) is 6.32. The number of amides is 1. The molecule has 0 unspecified atom stereocenters. The van der Waals surface area contributed by atoms with Crippen molar-refractivity contribution in [1.29, 1.82) is 0 Å². The number of aryl methyl sites for hydroxylation is 1. The van der Waals surface area contributed by atoms with Crippen LogP contribution >= 0.6 is 12.2 Å². The van der Waals surface area contributed by atoms with Crippen LogP contribution in [0.3, 0.4) is 0 Å². The van der Waals surface area contributed by atoms with E-state index in [1.807, 2.05) is 66.1 Å². The second kappa shape index (κ2) is 7.93. The average Bonchev–Trinajstić information content (AvgIpc) is 2.94. The van der Waals surface area contributed by atoms with Gasteiger partial charge in [-0.25, -0.2) is 4.68 Å². The number of carbonyl (C=O) groups excluding carboxylic acids is 1. The van der Waals surface area contributed by atoms with E-state index < -0.39 is 0 Å². The predicted octanol–water partition coefficient (Wildman–Crippen LogP) is 4.21. The Morgan fingerprint density at radius 3 is 2.58 bits per heavy atom. The summed E-state index contributed by atoms with van der Waals surface area (Å²) >= 11 is 5.52. The molecule has 2 aromatic carbocycles. The van der Waals surface area contributed by atoms with Crippen molar-refractivity contribution in [3.8, 4) is 11.4 Å². The summed E-state index contributed by atoms with van der Waals surface area (Å²) in [4.78, 5) is 12.5. The van der Waals surface area contributed by atoms with Crippen LogP contribution in [0.25, 0.3) is 11.4 Å². The van der Waals surface area contributed by atoms with Gasteiger partial charge < -0.3 is 5.32 Å². The first-order valence-corrected chi connectivity index (χ1v) is 8.70. The summed E-state index contributed by atoms with van der Waals surface area (Å²) in [5, 5.41) is 7.48. The molecular formula is C20H20N4OS. The fraction of sp³-hybridized carbons (Fsp3) is 0.150. The number of allylic oxidation sites excluding steroid dienone is 1. The summed E-state index contributed by atoms with van der Waals surface area (Å²) in [5.41, 5.74) is 2.74. The molecular weight excluding hydrogens is 344 g/mol. The molecule has 1 heterocycles. The number of aromatic nitrogens is 3. The number of carbonyl (C=O) groups is 1. The molecule has 0 aliphatic rings. The summed E-state index contributed by atoms with van der Waals surface area (Å²) in [6, 6.07) is 17.4. The monoisotopic (exact) mass is 364 g/mol. The van der Waals surface area contributed by atoms with E-state index in [1.54, 1.807) is 10.8 Å². The van der Waals surface area contributed by atoms with E-state index in [9.17, 15) is 4.79 Å². The molecule has 26 heavy (non-hydrogen) atoms. The number of benzene rings is 2. The lowest BCUT2D eigenvalue weighted by atomic mass is 10.2. The molecule has 0 fully saturated rings. The maximum Gasteiger partial charge on any atom is 0.246 e. The second-order valence-corrected chi connectivity index (χ2v) is 6.26. The number of anilines is 1. The molecule has 0 bridgehead atoms. The summed E-state index contributed by atoms with van der Waals surface area (Å²) in [7, 11) is 0. The van der Waals surface area contributed by atoms with Crippen molar-refractivity contribution in [3.63, 3.8) is 0 Å². The fourth-order valence-electron chi connectivity index (χ4n) is 2.68. The van der Waals surface area contributed by atoms with Gasteiger partial charge in [0, 0.05) is 17.8 Å². The van der Waals surface area contributed by atoms with Gasteiger partial charge in [-0.3, -0.25) is 9.36 Å². The zero-order chi connectivity index (χ0) is 18.5. The molecule has 0 radical (unpaired) electrons. The highest BCUT2D eigenvalue weighted by Crippen LogP contribution is 2.18. The van der Waals surface area contributed by atoms with Crippen molar-refractivity contribution in [1.82, 2.24) is 14.3 Å². The van der Waals surface area contributed by atoms with Crippen LogP contribution in [0.5, 0.6) is 0 Å². The first kappa shape index (κ1) is 17.8. The molecule has 3 rings (SSSR count). The van der Waals surface area contributed by atoms with Crippen molar-refractivity contribution >= 4 is 23.8 Å². The van der Waals surface area contributed by atoms with Gasteiger partial charge in [0.15, 0.2) is 10.6 Å². The predicted molar refractivity (Wildman–Crippen MR) is 106 cm³/mol. The van der Waals surface area contributed by atoms with Crippen LogP contribution < -0.4 is 5.32 Å². The molecule has 5 nitrogen and oxygen atoms in total. The molecule has 132 valence electrons. The van der Waals surface area contributed by atoms with Crippen LogP contribution in [-0.2, 0) is 17.9 Å². The van der Waals surface area contributed by atoms with Gasteiger partial charge in [-0.05, 0) is 30.8 Å². The minimum atomic E-state index is -0.168. The fourth-order valence-corrected chi connectivity index (χ4v) is 2.94. The zero-order valence-electron chi connectivity index (χ0n) is 14.6. The Labute approximate surface area is 157 Å². The molecule has 6 heteroatoms. The van der Waals surface area contributed by atoms with Gasteiger partial charge >= 0.3 is 0 Å². The summed E-state index contributed by atoms with van der Waals surface area (Å²) in [6.07, 6.45) is 1.77. The summed E-state index contributed by atoms with van der Waals surface area (Å²) < 4.78 is 3.91. The highest BCUT2D eigenvalue weighted by molar-refractivity contribution is 7.71. The Kier molecular flexibility index (Phi) is 5.43. The maximum atomic E-state index is 12.5. The molecule has 1 aromatic heterocycles. The van der Waals surface area contributed by atoms with Crippen LogP contribution in [0.15, 0.2) is 67.3 Å². The highest BCUT2D eigenvalue weighted by Gasteiger charge is 2.14. The van der Waals surface area contributed by atoms with Crippen LogP contribution in [0.1, 0.15) is 5.56 Å². The number of para-hydroxylation sites is 1. The Morgan fingerprint density at radius 2 is 1.88 bits per heavy atom. The van der Waals surface area contributed by atoms with E-state index in [-0.39, 0.29) is 12.5 Å². The number of nitrogens with zero attached hydrogens (tertiary/aromatic N) is 3. The topological polar surface area (TPSA) is 51.9 Å².